The van der Waals surface area contributed by atoms with Gasteiger partial charge in [-0.3, -0.25) is 0 Å². The summed E-state index contributed by atoms with van der Waals surface area (Å²) in [5, 5.41) is 16.7. The van der Waals surface area contributed by atoms with Crippen molar-refractivity contribution in [2.24, 2.45) is 0 Å². The number of rotatable bonds is 4. The molecule has 0 aromatic rings. The average Bonchev–Trinajstić information content (AvgIpc) is 1.97. The van der Waals surface area contributed by atoms with Gasteiger partial charge in [0.05, 0.1) is 6.07 Å². The van der Waals surface area contributed by atoms with E-state index in [2.05, 4.69) is 0 Å². The molecule has 0 aliphatic rings. The molecule has 0 saturated carbocycles. The van der Waals surface area contributed by atoms with Gasteiger partial charge in [0, 0.05) is 11.6 Å². The van der Waals surface area contributed by atoms with Gasteiger partial charge in [-0.1, -0.05) is 13.3 Å². The molecule has 60 valence electrons. The molecule has 0 aliphatic carbocycles. The molecule has 0 fully saturated rings. The maximum Gasteiger partial charge on any atom is 0.332 e. The highest BCUT2D eigenvalue weighted by Crippen LogP contribution is 2.06. The van der Waals surface area contributed by atoms with Crippen LogP contribution in [0.2, 0.25) is 0 Å². The number of carbonyl (C=O) groups is 1. The van der Waals surface area contributed by atoms with Gasteiger partial charge in [0.15, 0.2) is 0 Å². The molecule has 0 spiro atoms. The van der Waals surface area contributed by atoms with Crippen molar-refractivity contribution < 1.29 is 9.90 Å². The standard InChI is InChI=1S/C8H11NO2/c1-2-3-4-7(5-6-9)8(10)11/h5H,2-4H2,1H3,(H,10,11)/b7-5+. The van der Waals surface area contributed by atoms with Crippen LogP contribution < -0.4 is 0 Å². The van der Waals surface area contributed by atoms with Gasteiger partial charge < -0.3 is 5.11 Å². The summed E-state index contributed by atoms with van der Waals surface area (Å²) in [6.45, 7) is 1.98. The number of aliphatic carboxylic acids is 1. The lowest BCUT2D eigenvalue weighted by atomic mass is 10.1. The Kier molecular flexibility index (Phi) is 4.83. The van der Waals surface area contributed by atoms with Crippen molar-refractivity contribution in [2.45, 2.75) is 26.2 Å². The van der Waals surface area contributed by atoms with E-state index in [1.54, 1.807) is 6.07 Å². The van der Waals surface area contributed by atoms with Crippen molar-refractivity contribution in [2.75, 3.05) is 0 Å². The number of allylic oxidation sites excluding steroid dienone is 1. The van der Waals surface area contributed by atoms with Gasteiger partial charge in [0.2, 0.25) is 0 Å². The Balaban J connectivity index is 4.04. The molecule has 0 heterocycles. The van der Waals surface area contributed by atoms with Gasteiger partial charge in [-0.05, 0) is 12.8 Å². The van der Waals surface area contributed by atoms with Crippen LogP contribution in [0.1, 0.15) is 26.2 Å². The van der Waals surface area contributed by atoms with Crippen molar-refractivity contribution >= 4 is 5.97 Å². The summed E-state index contributed by atoms with van der Waals surface area (Å²) in [5.74, 6) is -0.986. The summed E-state index contributed by atoms with van der Waals surface area (Å²) in [5.41, 5.74) is 0.203. The molecular formula is C8H11NO2. The maximum absolute atomic E-state index is 10.4. The molecule has 3 heteroatoms. The Hall–Kier alpha value is -1.30. The first-order valence-electron chi connectivity index (χ1n) is 3.54. The second-order valence-electron chi connectivity index (χ2n) is 2.21. The lowest BCUT2D eigenvalue weighted by Crippen LogP contribution is -1.99. The fourth-order valence-electron chi connectivity index (χ4n) is 0.686. The van der Waals surface area contributed by atoms with E-state index in [9.17, 15) is 4.79 Å². The molecule has 0 amide bonds. The minimum Gasteiger partial charge on any atom is -0.478 e. The van der Waals surface area contributed by atoms with Crippen molar-refractivity contribution in [3.8, 4) is 6.07 Å². The largest absolute Gasteiger partial charge is 0.478 e. The van der Waals surface area contributed by atoms with Gasteiger partial charge >= 0.3 is 5.97 Å². The van der Waals surface area contributed by atoms with Crippen molar-refractivity contribution in [1.29, 1.82) is 5.26 Å². The van der Waals surface area contributed by atoms with Crippen LogP contribution in [-0.2, 0) is 4.79 Å². The van der Waals surface area contributed by atoms with E-state index in [4.69, 9.17) is 10.4 Å². The van der Waals surface area contributed by atoms with Crippen LogP contribution in [0.25, 0.3) is 0 Å². The van der Waals surface area contributed by atoms with Crippen LogP contribution in [0.3, 0.4) is 0 Å². The first-order chi connectivity index (χ1) is 5.22. The summed E-state index contributed by atoms with van der Waals surface area (Å²) in [6.07, 6.45) is 3.34. The molecule has 0 radical (unpaired) electrons. The lowest BCUT2D eigenvalue weighted by Gasteiger charge is -1.96. The van der Waals surface area contributed by atoms with Crippen molar-refractivity contribution in [1.82, 2.24) is 0 Å². The topological polar surface area (TPSA) is 61.1 Å². The number of nitrogens with zero attached hydrogens (tertiary/aromatic N) is 1. The van der Waals surface area contributed by atoms with Gasteiger partial charge in [-0.2, -0.15) is 5.26 Å². The Labute approximate surface area is 66.0 Å². The van der Waals surface area contributed by atoms with E-state index in [1.807, 2.05) is 6.92 Å². The Morgan fingerprint density at radius 2 is 2.36 bits per heavy atom. The second kappa shape index (κ2) is 5.48. The van der Waals surface area contributed by atoms with Gasteiger partial charge in [-0.25, -0.2) is 4.79 Å². The zero-order valence-electron chi connectivity index (χ0n) is 6.50. The highest BCUT2D eigenvalue weighted by Gasteiger charge is 2.04. The zero-order chi connectivity index (χ0) is 8.69. The van der Waals surface area contributed by atoms with E-state index in [-0.39, 0.29) is 5.57 Å². The SMILES string of the molecule is CCCC/C(=C\C#N)C(=O)O. The van der Waals surface area contributed by atoms with Crippen LogP contribution in [0.4, 0.5) is 0 Å². The molecule has 0 aromatic carbocycles. The number of hydrogen-bond donors (Lipinski definition) is 1. The van der Waals surface area contributed by atoms with E-state index >= 15 is 0 Å². The molecule has 11 heavy (non-hydrogen) atoms. The minimum atomic E-state index is -0.986. The maximum atomic E-state index is 10.4. The number of carboxylic acids is 1. The Morgan fingerprint density at radius 1 is 1.73 bits per heavy atom. The normalized spacial score (nSPS) is 10.7. The first kappa shape index (κ1) is 9.70. The monoisotopic (exact) mass is 153 g/mol. The summed E-state index contributed by atoms with van der Waals surface area (Å²) < 4.78 is 0. The van der Waals surface area contributed by atoms with Crippen molar-refractivity contribution in [3.05, 3.63) is 11.6 Å². The summed E-state index contributed by atoms with van der Waals surface area (Å²) in [4.78, 5) is 10.4. The van der Waals surface area contributed by atoms with Crippen LogP contribution in [-0.4, -0.2) is 11.1 Å². The summed E-state index contributed by atoms with van der Waals surface area (Å²) in [7, 11) is 0. The molecule has 0 unspecified atom stereocenters. The third kappa shape index (κ3) is 4.15. The van der Waals surface area contributed by atoms with E-state index in [1.165, 1.54) is 0 Å². The highest BCUT2D eigenvalue weighted by atomic mass is 16.4. The summed E-state index contributed by atoms with van der Waals surface area (Å²) >= 11 is 0. The Morgan fingerprint density at radius 3 is 2.73 bits per heavy atom. The van der Waals surface area contributed by atoms with E-state index in [0.29, 0.717) is 6.42 Å². The summed E-state index contributed by atoms with van der Waals surface area (Å²) in [6, 6.07) is 1.72. The first-order valence-corrected chi connectivity index (χ1v) is 3.54. The third-order valence-electron chi connectivity index (χ3n) is 1.31. The van der Waals surface area contributed by atoms with Gasteiger partial charge in [-0.15, -0.1) is 0 Å². The molecule has 1 N–H and O–H groups in total. The number of carboxylic acid groups (broad SMARTS) is 1. The van der Waals surface area contributed by atoms with Crippen LogP contribution in [0.5, 0.6) is 0 Å². The average molecular weight is 153 g/mol. The lowest BCUT2D eigenvalue weighted by molar-refractivity contribution is -0.132. The smallest absolute Gasteiger partial charge is 0.332 e. The number of nitriles is 1. The van der Waals surface area contributed by atoms with E-state index in [0.717, 1.165) is 18.9 Å². The van der Waals surface area contributed by atoms with Crippen LogP contribution in [0.15, 0.2) is 11.6 Å². The Bertz CT molecular complexity index is 201. The zero-order valence-corrected chi connectivity index (χ0v) is 6.50. The van der Waals surface area contributed by atoms with Crippen molar-refractivity contribution in [3.63, 3.8) is 0 Å². The predicted molar refractivity (Wildman–Crippen MR) is 40.9 cm³/mol. The molecule has 3 nitrogen and oxygen atoms in total. The predicted octanol–water partition coefficient (Wildman–Crippen LogP) is 1.71. The third-order valence-corrected chi connectivity index (χ3v) is 1.31. The highest BCUT2D eigenvalue weighted by molar-refractivity contribution is 5.87. The molecule has 0 atom stereocenters. The van der Waals surface area contributed by atoms with Crippen LogP contribution in [0, 0.1) is 11.3 Å². The van der Waals surface area contributed by atoms with E-state index < -0.39 is 5.97 Å². The number of unbranched alkanes of at least 4 members (excludes halogenated alkanes) is 1. The molecule has 0 aliphatic heterocycles. The van der Waals surface area contributed by atoms with Gasteiger partial charge in [0.25, 0.3) is 0 Å². The molecule has 0 rings (SSSR count). The fraction of sp³-hybridized carbons (Fsp3) is 0.500. The molecule has 0 aromatic heterocycles. The molecule has 0 saturated heterocycles. The molecular weight excluding hydrogens is 142 g/mol. The second-order valence-corrected chi connectivity index (χ2v) is 2.21. The number of hydrogen-bond acceptors (Lipinski definition) is 2. The quantitative estimate of drug-likeness (QED) is 0.494. The fourth-order valence-corrected chi connectivity index (χ4v) is 0.686. The molecule has 0 bridgehead atoms. The van der Waals surface area contributed by atoms with Gasteiger partial charge in [0.1, 0.15) is 0 Å². The van der Waals surface area contributed by atoms with Crippen LogP contribution >= 0.6 is 0 Å². The minimum absolute atomic E-state index is 0.203.